The van der Waals surface area contributed by atoms with Gasteiger partial charge in [-0.05, 0) is 18.2 Å². The summed E-state index contributed by atoms with van der Waals surface area (Å²) in [6, 6.07) is 4.80. The van der Waals surface area contributed by atoms with Crippen LogP contribution in [0.4, 0.5) is 0 Å². The Kier molecular flexibility index (Phi) is 4.65. The Morgan fingerprint density at radius 3 is 2.56 bits per heavy atom. The lowest BCUT2D eigenvalue weighted by molar-refractivity contribution is -0.106. The predicted octanol–water partition coefficient (Wildman–Crippen LogP) is 2.97. The van der Waals surface area contributed by atoms with Crippen molar-refractivity contribution in [3.05, 3.63) is 40.2 Å². The van der Waals surface area contributed by atoms with Gasteiger partial charge in [-0.15, -0.1) is 0 Å². The average molecular weight is 260 g/mol. The van der Waals surface area contributed by atoms with Crippen molar-refractivity contribution < 1.29 is 9.53 Å². The fourth-order valence-electron chi connectivity index (χ4n) is 1.02. The summed E-state index contributed by atoms with van der Waals surface area (Å²) in [6.07, 6.45) is 2.17. The van der Waals surface area contributed by atoms with Crippen LogP contribution in [-0.2, 0) is 4.79 Å². The highest BCUT2D eigenvalue weighted by Gasteiger charge is 2.05. The molecule has 0 saturated carbocycles. The van der Waals surface area contributed by atoms with E-state index in [4.69, 9.17) is 27.9 Å². The average Bonchev–Trinajstić information content (AvgIpc) is 2.20. The molecule has 0 amide bonds. The lowest BCUT2D eigenvalue weighted by Crippen LogP contribution is -2.07. The molecule has 0 bridgehead atoms. The Bertz CT molecular complexity index is 416. The third kappa shape index (κ3) is 3.76. The van der Waals surface area contributed by atoms with E-state index in [1.807, 2.05) is 0 Å². The van der Waals surface area contributed by atoms with E-state index in [9.17, 15) is 4.79 Å². The Balaban J connectivity index is 2.90. The zero-order chi connectivity index (χ0) is 12.1. The second-order valence-electron chi connectivity index (χ2n) is 3.29. The maximum absolute atomic E-state index is 10.7. The number of hydrogen-bond donors (Lipinski definition) is 0. The van der Waals surface area contributed by atoms with Gasteiger partial charge in [0.25, 0.3) is 0 Å². The first kappa shape index (κ1) is 12.9. The number of allylic oxidation sites excluding steroid dienone is 1. The molecule has 0 aromatic heterocycles. The van der Waals surface area contributed by atoms with Gasteiger partial charge in [-0.3, -0.25) is 4.79 Å². The smallest absolute Gasteiger partial charge is 0.186 e. The summed E-state index contributed by atoms with van der Waals surface area (Å²) in [4.78, 5) is 12.4. The molecular weight excluding hydrogens is 249 g/mol. The van der Waals surface area contributed by atoms with Gasteiger partial charge in [-0.2, -0.15) is 0 Å². The second-order valence-corrected chi connectivity index (χ2v) is 4.13. The quantitative estimate of drug-likeness (QED) is 0.473. The number of nitrogens with zero attached hydrogens (tertiary/aromatic N) is 1. The minimum absolute atomic E-state index is 0.175. The molecule has 0 saturated heterocycles. The molecule has 0 atom stereocenters. The molecule has 0 radical (unpaired) electrons. The zero-order valence-corrected chi connectivity index (χ0v) is 10.4. The van der Waals surface area contributed by atoms with Crippen molar-refractivity contribution in [2.24, 2.45) is 0 Å². The number of rotatable bonds is 4. The Labute approximate surface area is 104 Å². The minimum Gasteiger partial charge on any atom is -0.451 e. The molecule has 0 unspecified atom stereocenters. The lowest BCUT2D eigenvalue weighted by Gasteiger charge is -2.10. The maximum Gasteiger partial charge on any atom is 0.186 e. The molecule has 0 spiro atoms. The highest BCUT2D eigenvalue weighted by Crippen LogP contribution is 2.28. The van der Waals surface area contributed by atoms with E-state index in [1.165, 1.54) is 0 Å². The van der Waals surface area contributed by atoms with Crippen molar-refractivity contribution in [2.45, 2.75) is 0 Å². The number of aldehydes is 1. The summed E-state index contributed by atoms with van der Waals surface area (Å²) in [5.41, 5.74) is 0. The van der Waals surface area contributed by atoms with Crippen LogP contribution < -0.4 is 4.74 Å². The molecule has 1 rings (SSSR count). The first-order valence-corrected chi connectivity index (χ1v) is 5.25. The second kappa shape index (κ2) is 5.77. The third-order valence-corrected chi connectivity index (χ3v) is 2.15. The fourth-order valence-corrected chi connectivity index (χ4v) is 1.47. The van der Waals surface area contributed by atoms with Crippen molar-refractivity contribution >= 4 is 29.5 Å². The Morgan fingerprint density at radius 1 is 1.38 bits per heavy atom. The van der Waals surface area contributed by atoms with E-state index in [0.29, 0.717) is 22.1 Å². The SMILES string of the molecule is CN(C)C=C(C=O)Oc1ccc(Cl)cc1Cl. The first-order valence-electron chi connectivity index (χ1n) is 4.49. The van der Waals surface area contributed by atoms with E-state index < -0.39 is 0 Å². The molecule has 86 valence electrons. The van der Waals surface area contributed by atoms with Gasteiger partial charge in [0.1, 0.15) is 5.75 Å². The molecule has 1 aromatic carbocycles. The molecule has 5 heteroatoms. The standard InChI is InChI=1S/C11H11Cl2NO2/c1-14(2)6-9(7-15)16-11-4-3-8(12)5-10(11)13/h3-7H,1-2H3. The first-order chi connectivity index (χ1) is 7.52. The Hall–Kier alpha value is -1.19. The van der Waals surface area contributed by atoms with E-state index in [-0.39, 0.29) is 5.76 Å². The normalized spacial score (nSPS) is 11.1. The van der Waals surface area contributed by atoms with Crippen LogP contribution in [0.1, 0.15) is 0 Å². The number of benzene rings is 1. The van der Waals surface area contributed by atoms with Crippen molar-refractivity contribution in [2.75, 3.05) is 14.1 Å². The van der Waals surface area contributed by atoms with Crippen molar-refractivity contribution in [3.63, 3.8) is 0 Å². The summed E-state index contributed by atoms with van der Waals surface area (Å²) < 4.78 is 5.32. The summed E-state index contributed by atoms with van der Waals surface area (Å²) in [7, 11) is 3.58. The fraction of sp³-hybridized carbons (Fsp3) is 0.182. The van der Waals surface area contributed by atoms with Crippen LogP contribution >= 0.6 is 23.2 Å². The van der Waals surface area contributed by atoms with Gasteiger partial charge < -0.3 is 9.64 Å². The van der Waals surface area contributed by atoms with Crippen molar-refractivity contribution in [1.82, 2.24) is 4.90 Å². The highest BCUT2D eigenvalue weighted by molar-refractivity contribution is 6.35. The van der Waals surface area contributed by atoms with Crippen LogP contribution in [0.15, 0.2) is 30.2 Å². The number of carbonyl (C=O) groups is 1. The molecule has 3 nitrogen and oxygen atoms in total. The van der Waals surface area contributed by atoms with Crippen LogP contribution in [0, 0.1) is 0 Å². The van der Waals surface area contributed by atoms with Gasteiger partial charge in [0.2, 0.25) is 0 Å². The van der Waals surface area contributed by atoms with Crippen LogP contribution in [0.2, 0.25) is 10.0 Å². The topological polar surface area (TPSA) is 29.5 Å². The van der Waals surface area contributed by atoms with Gasteiger partial charge in [-0.1, -0.05) is 23.2 Å². The van der Waals surface area contributed by atoms with Gasteiger partial charge in [0.15, 0.2) is 12.0 Å². The summed E-state index contributed by atoms with van der Waals surface area (Å²) in [6.45, 7) is 0. The highest BCUT2D eigenvalue weighted by atomic mass is 35.5. The van der Waals surface area contributed by atoms with Gasteiger partial charge in [-0.25, -0.2) is 0 Å². The molecule has 0 N–H and O–H groups in total. The van der Waals surface area contributed by atoms with E-state index >= 15 is 0 Å². The molecule has 0 aliphatic rings. The molecule has 0 aliphatic heterocycles. The van der Waals surface area contributed by atoms with Crippen LogP contribution in [0.3, 0.4) is 0 Å². The van der Waals surface area contributed by atoms with E-state index in [2.05, 4.69) is 0 Å². The number of hydrogen-bond acceptors (Lipinski definition) is 3. The third-order valence-electron chi connectivity index (χ3n) is 1.62. The van der Waals surface area contributed by atoms with E-state index in [0.717, 1.165) is 0 Å². The number of carbonyl (C=O) groups excluding carboxylic acids is 1. The monoisotopic (exact) mass is 259 g/mol. The molecule has 0 aliphatic carbocycles. The van der Waals surface area contributed by atoms with Crippen LogP contribution in [0.5, 0.6) is 5.75 Å². The van der Waals surface area contributed by atoms with Gasteiger partial charge >= 0.3 is 0 Å². The van der Waals surface area contributed by atoms with Crippen LogP contribution in [0.25, 0.3) is 0 Å². The summed E-state index contributed by atoms with van der Waals surface area (Å²) >= 11 is 11.6. The lowest BCUT2D eigenvalue weighted by atomic mass is 10.3. The van der Waals surface area contributed by atoms with Crippen LogP contribution in [-0.4, -0.2) is 25.3 Å². The maximum atomic E-state index is 10.7. The minimum atomic E-state index is 0.175. The summed E-state index contributed by atoms with van der Waals surface area (Å²) in [5, 5.41) is 0.876. The number of ether oxygens (including phenoxy) is 1. The molecule has 0 fully saturated rings. The predicted molar refractivity (Wildman–Crippen MR) is 64.9 cm³/mol. The molecule has 1 aromatic rings. The van der Waals surface area contributed by atoms with E-state index in [1.54, 1.807) is 43.4 Å². The summed E-state index contributed by atoms with van der Waals surface area (Å²) in [5.74, 6) is 0.570. The van der Waals surface area contributed by atoms with Gasteiger partial charge in [0, 0.05) is 25.3 Å². The Morgan fingerprint density at radius 2 is 2.06 bits per heavy atom. The molecule has 16 heavy (non-hydrogen) atoms. The van der Waals surface area contributed by atoms with Crippen molar-refractivity contribution in [1.29, 1.82) is 0 Å². The molecule has 0 heterocycles. The van der Waals surface area contributed by atoms with Gasteiger partial charge in [0.05, 0.1) is 5.02 Å². The van der Waals surface area contributed by atoms with Crippen molar-refractivity contribution in [3.8, 4) is 5.75 Å². The number of halogens is 2. The largest absolute Gasteiger partial charge is 0.451 e. The zero-order valence-electron chi connectivity index (χ0n) is 8.91. The molecular formula is C11H11Cl2NO2.